The van der Waals surface area contributed by atoms with Crippen molar-refractivity contribution < 1.29 is 44.6 Å². The molecule has 0 rings (SSSR count). The Morgan fingerprint density at radius 3 is 2.33 bits per heavy atom. The second kappa shape index (κ2) is 20.4. The van der Waals surface area contributed by atoms with Crippen molar-refractivity contribution in [3.63, 3.8) is 0 Å². The maximum absolute atomic E-state index is 10.2. The molecule has 0 aliphatic carbocycles. The van der Waals surface area contributed by atoms with Crippen LogP contribution in [0.2, 0.25) is 0 Å². The summed E-state index contributed by atoms with van der Waals surface area (Å²) in [6, 6.07) is 0. The Hall–Kier alpha value is -0.610. The van der Waals surface area contributed by atoms with Crippen molar-refractivity contribution in [3.8, 4) is 0 Å². The maximum Gasteiger partial charge on any atom is 1.00 e. The standard InChI is InChI=1S/C20H32O3.Na/c1-2-3-13-16-19(21)17-14-11-9-7-5-4-6-8-10-12-15-18-20(22)23;/h4-5,8-11,14,17,19,21H,2-3,6-7,12-13,15-16,18H2,1H3,(H,22,23);/q;+1/p-1/b5-4-,10-8-,11-9-,17-14+;/t19-;/m1./s1. The van der Waals surface area contributed by atoms with Gasteiger partial charge in [-0.15, -0.1) is 0 Å². The molecule has 130 valence electrons. The van der Waals surface area contributed by atoms with Gasteiger partial charge in [0.25, 0.3) is 0 Å². The Morgan fingerprint density at radius 2 is 1.67 bits per heavy atom. The third kappa shape index (κ3) is 21.4. The molecule has 0 fully saturated rings. The summed E-state index contributed by atoms with van der Waals surface area (Å²) in [5.41, 5.74) is 0. The fourth-order valence-corrected chi connectivity index (χ4v) is 1.98. The summed E-state index contributed by atoms with van der Waals surface area (Å²) < 4.78 is 0. The molecule has 0 aliphatic heterocycles. The summed E-state index contributed by atoms with van der Waals surface area (Å²) in [6.07, 6.45) is 23.2. The van der Waals surface area contributed by atoms with Crippen LogP contribution < -0.4 is 34.7 Å². The van der Waals surface area contributed by atoms with Crippen LogP contribution in [0.3, 0.4) is 0 Å². The van der Waals surface area contributed by atoms with Crippen LogP contribution in [0.1, 0.15) is 64.7 Å². The number of rotatable bonds is 14. The van der Waals surface area contributed by atoms with Crippen molar-refractivity contribution in [2.24, 2.45) is 0 Å². The molecule has 4 heteroatoms. The molecule has 0 saturated heterocycles. The van der Waals surface area contributed by atoms with Crippen LogP contribution in [-0.4, -0.2) is 17.2 Å². The van der Waals surface area contributed by atoms with Gasteiger partial charge < -0.3 is 15.0 Å². The van der Waals surface area contributed by atoms with Gasteiger partial charge in [0.1, 0.15) is 0 Å². The number of carboxylic acid groups (broad SMARTS) is 1. The molecule has 0 heterocycles. The summed E-state index contributed by atoms with van der Waals surface area (Å²) in [4.78, 5) is 10.2. The zero-order valence-corrected chi connectivity index (χ0v) is 17.3. The Balaban J connectivity index is 0. The number of carbonyl (C=O) groups is 1. The minimum absolute atomic E-state index is 0. The van der Waals surface area contributed by atoms with E-state index in [0.717, 1.165) is 32.1 Å². The van der Waals surface area contributed by atoms with Crippen molar-refractivity contribution >= 4 is 5.97 Å². The van der Waals surface area contributed by atoms with Gasteiger partial charge in [-0.1, -0.05) is 74.8 Å². The van der Waals surface area contributed by atoms with Gasteiger partial charge in [-0.05, 0) is 38.5 Å². The molecule has 0 aromatic rings. The van der Waals surface area contributed by atoms with Gasteiger partial charge in [0, 0.05) is 5.97 Å². The molecule has 0 unspecified atom stereocenters. The summed E-state index contributed by atoms with van der Waals surface area (Å²) in [6.45, 7) is 2.16. The molecule has 1 atom stereocenters. The first kappa shape index (κ1) is 25.6. The van der Waals surface area contributed by atoms with E-state index in [1.165, 1.54) is 12.8 Å². The first-order valence-corrected chi connectivity index (χ1v) is 8.68. The zero-order chi connectivity index (χ0) is 17.2. The second-order valence-corrected chi connectivity index (χ2v) is 5.55. The SMILES string of the molecule is CCCCC[C@@H](O)/C=C/C=C\C/C=C\C/C=C\CCCC(=O)[O-].[Na+]. The molecular weight excluding hydrogens is 311 g/mol. The van der Waals surface area contributed by atoms with E-state index in [9.17, 15) is 15.0 Å². The van der Waals surface area contributed by atoms with Gasteiger partial charge in [-0.25, -0.2) is 0 Å². The van der Waals surface area contributed by atoms with E-state index in [2.05, 4.69) is 25.2 Å². The average molecular weight is 342 g/mol. The van der Waals surface area contributed by atoms with Gasteiger partial charge in [0.15, 0.2) is 0 Å². The van der Waals surface area contributed by atoms with Crippen molar-refractivity contribution in [1.82, 2.24) is 0 Å². The number of allylic oxidation sites excluding steroid dienone is 7. The van der Waals surface area contributed by atoms with E-state index in [4.69, 9.17) is 0 Å². The molecule has 0 saturated carbocycles. The largest absolute Gasteiger partial charge is 1.00 e. The van der Waals surface area contributed by atoms with Crippen molar-refractivity contribution in [2.45, 2.75) is 70.8 Å². The number of aliphatic carboxylic acids is 1. The Bertz CT molecular complexity index is 398. The van der Waals surface area contributed by atoms with E-state index in [-0.39, 0.29) is 42.1 Å². The summed E-state index contributed by atoms with van der Waals surface area (Å²) in [7, 11) is 0. The topological polar surface area (TPSA) is 60.4 Å². The smallest absolute Gasteiger partial charge is 0.550 e. The molecule has 1 N–H and O–H groups in total. The Morgan fingerprint density at radius 1 is 1.00 bits per heavy atom. The maximum atomic E-state index is 10.2. The molecule has 0 aromatic carbocycles. The molecule has 0 aromatic heterocycles. The normalized spacial score (nSPS) is 13.2. The van der Waals surface area contributed by atoms with Gasteiger partial charge in [0.2, 0.25) is 0 Å². The summed E-state index contributed by atoms with van der Waals surface area (Å²) in [5, 5.41) is 19.9. The van der Waals surface area contributed by atoms with E-state index >= 15 is 0 Å². The fraction of sp³-hybridized carbons (Fsp3) is 0.550. The van der Waals surface area contributed by atoms with Crippen LogP contribution in [0.4, 0.5) is 0 Å². The van der Waals surface area contributed by atoms with Crippen molar-refractivity contribution in [1.29, 1.82) is 0 Å². The van der Waals surface area contributed by atoms with Crippen molar-refractivity contribution in [3.05, 3.63) is 48.6 Å². The monoisotopic (exact) mass is 342 g/mol. The van der Waals surface area contributed by atoms with E-state index in [0.29, 0.717) is 6.42 Å². The third-order valence-corrected chi connectivity index (χ3v) is 3.31. The van der Waals surface area contributed by atoms with E-state index in [1.807, 2.05) is 30.4 Å². The van der Waals surface area contributed by atoms with E-state index in [1.54, 1.807) is 0 Å². The molecule has 0 bridgehead atoms. The van der Waals surface area contributed by atoms with Crippen LogP contribution in [0, 0.1) is 0 Å². The van der Waals surface area contributed by atoms with E-state index < -0.39 is 5.97 Å². The Kier molecular flexibility index (Phi) is 21.8. The van der Waals surface area contributed by atoms with Gasteiger partial charge >= 0.3 is 29.6 Å². The molecule has 0 aliphatic rings. The quantitative estimate of drug-likeness (QED) is 0.220. The number of unbranched alkanes of at least 4 members (excludes halogenated alkanes) is 3. The number of hydrogen-bond acceptors (Lipinski definition) is 3. The number of aliphatic hydroxyl groups is 1. The van der Waals surface area contributed by atoms with Crippen LogP contribution >= 0.6 is 0 Å². The average Bonchev–Trinajstić information content (AvgIpc) is 2.51. The first-order chi connectivity index (χ1) is 11.2. The second-order valence-electron chi connectivity index (χ2n) is 5.55. The van der Waals surface area contributed by atoms with Crippen LogP contribution in [0.15, 0.2) is 48.6 Å². The van der Waals surface area contributed by atoms with Crippen molar-refractivity contribution in [2.75, 3.05) is 0 Å². The molecule has 0 amide bonds. The molecule has 3 nitrogen and oxygen atoms in total. The van der Waals surface area contributed by atoms with Crippen LogP contribution in [0.5, 0.6) is 0 Å². The number of aliphatic hydroxyl groups excluding tert-OH is 1. The van der Waals surface area contributed by atoms with Gasteiger partial charge in [0.05, 0.1) is 6.10 Å². The number of carboxylic acids is 1. The number of hydrogen-bond donors (Lipinski definition) is 1. The minimum atomic E-state index is -0.979. The van der Waals surface area contributed by atoms with Gasteiger partial charge in [-0.3, -0.25) is 0 Å². The third-order valence-electron chi connectivity index (χ3n) is 3.31. The number of carbonyl (C=O) groups excluding carboxylic acids is 1. The fourth-order valence-electron chi connectivity index (χ4n) is 1.98. The molecular formula is C20H31NaO3. The molecule has 24 heavy (non-hydrogen) atoms. The summed E-state index contributed by atoms with van der Waals surface area (Å²) >= 11 is 0. The summed E-state index contributed by atoms with van der Waals surface area (Å²) in [5.74, 6) is -0.979. The Labute approximate surface area is 169 Å². The predicted octanol–water partition coefficient (Wildman–Crippen LogP) is 0.857. The molecule has 0 spiro atoms. The minimum Gasteiger partial charge on any atom is -0.550 e. The predicted molar refractivity (Wildman–Crippen MR) is 94.8 cm³/mol. The van der Waals surface area contributed by atoms with Crippen LogP contribution in [-0.2, 0) is 4.79 Å². The molecule has 0 radical (unpaired) electrons. The van der Waals surface area contributed by atoms with Crippen LogP contribution in [0.25, 0.3) is 0 Å². The zero-order valence-electron chi connectivity index (χ0n) is 15.3. The van der Waals surface area contributed by atoms with Gasteiger partial charge in [-0.2, -0.15) is 0 Å². The first-order valence-electron chi connectivity index (χ1n) is 8.68.